The number of amidine groups is 2. The molecule has 2 unspecified atom stereocenters. The summed E-state index contributed by atoms with van der Waals surface area (Å²) in [4.78, 5) is 9.19. The second-order valence-electron chi connectivity index (χ2n) is 5.46. The monoisotopic (exact) mass is 303 g/mol. The molecular weight excluding hydrogens is 286 g/mol. The Morgan fingerprint density at radius 3 is 3.00 bits per heavy atom. The maximum Gasteiger partial charge on any atom is 0.197 e. The number of nitrogens with one attached hydrogen (secondary N) is 1. The molecule has 3 aliphatic rings. The van der Waals surface area contributed by atoms with E-state index in [0.717, 1.165) is 38.3 Å². The molecule has 106 valence electrons. The summed E-state index contributed by atoms with van der Waals surface area (Å²) in [5.41, 5.74) is -0.364. The summed E-state index contributed by atoms with van der Waals surface area (Å²) in [7, 11) is -0.918. The molecule has 2 fully saturated rings. The van der Waals surface area contributed by atoms with Gasteiger partial charge in [0, 0.05) is 29.8 Å². The first kappa shape index (κ1) is 13.5. The van der Waals surface area contributed by atoms with Crippen LogP contribution in [0.2, 0.25) is 0 Å². The van der Waals surface area contributed by atoms with Crippen molar-refractivity contribution >= 4 is 33.5 Å². The number of rotatable bonds is 1. The molecule has 5 nitrogen and oxygen atoms in total. The van der Waals surface area contributed by atoms with Gasteiger partial charge in [0.15, 0.2) is 5.29 Å². The number of halogens is 1. The van der Waals surface area contributed by atoms with Crippen LogP contribution in [-0.4, -0.2) is 51.1 Å². The lowest BCUT2D eigenvalue weighted by Crippen LogP contribution is -2.53. The molecule has 0 aromatic heterocycles. The third-order valence-corrected chi connectivity index (χ3v) is 6.03. The third-order valence-electron chi connectivity index (χ3n) is 3.98. The first-order valence-corrected chi connectivity index (χ1v) is 8.39. The van der Waals surface area contributed by atoms with Gasteiger partial charge in [-0.3, -0.25) is 9.20 Å². The Labute approximate surface area is 120 Å². The number of hydrogen-bond acceptors (Lipinski definition) is 4. The predicted octanol–water partition coefficient (Wildman–Crippen LogP) is 1.04. The van der Waals surface area contributed by atoms with Crippen LogP contribution in [0.4, 0.5) is 0 Å². The Bertz CT molecular complexity index is 462. The van der Waals surface area contributed by atoms with E-state index in [1.165, 1.54) is 0 Å². The quantitative estimate of drug-likeness (QED) is 0.736. The molecular formula is C12H18ClN3O2S. The van der Waals surface area contributed by atoms with E-state index in [1.54, 1.807) is 0 Å². The van der Waals surface area contributed by atoms with Crippen LogP contribution in [0.1, 0.15) is 26.2 Å². The molecule has 1 N–H and O–H groups in total. The molecule has 0 aromatic carbocycles. The zero-order valence-electron chi connectivity index (χ0n) is 10.9. The van der Waals surface area contributed by atoms with E-state index in [2.05, 4.69) is 10.3 Å². The highest BCUT2D eigenvalue weighted by Gasteiger charge is 2.49. The van der Waals surface area contributed by atoms with Crippen LogP contribution in [0.5, 0.6) is 0 Å². The van der Waals surface area contributed by atoms with Gasteiger partial charge in [0.05, 0.1) is 11.6 Å². The topological polar surface area (TPSA) is 63.0 Å². The van der Waals surface area contributed by atoms with Crippen molar-refractivity contribution in [1.82, 2.24) is 5.32 Å². The van der Waals surface area contributed by atoms with E-state index in [0.29, 0.717) is 11.0 Å². The van der Waals surface area contributed by atoms with Crippen molar-refractivity contribution in [3.8, 4) is 0 Å². The summed E-state index contributed by atoms with van der Waals surface area (Å²) in [5, 5.41) is 3.25. The number of aliphatic imine (C=N–C) groups is 2. The van der Waals surface area contributed by atoms with E-state index in [4.69, 9.17) is 21.3 Å². The Kier molecular flexibility index (Phi) is 3.66. The van der Waals surface area contributed by atoms with E-state index < -0.39 is 10.8 Å². The van der Waals surface area contributed by atoms with Crippen molar-refractivity contribution in [2.24, 2.45) is 9.98 Å². The highest BCUT2D eigenvalue weighted by Crippen LogP contribution is 2.35. The van der Waals surface area contributed by atoms with Gasteiger partial charge < -0.3 is 10.1 Å². The fourth-order valence-electron chi connectivity index (χ4n) is 2.91. The highest BCUT2D eigenvalue weighted by atomic mass is 35.5. The van der Waals surface area contributed by atoms with Gasteiger partial charge in [-0.15, -0.1) is 0 Å². The summed E-state index contributed by atoms with van der Waals surface area (Å²) >= 11 is 6.07. The lowest BCUT2D eigenvalue weighted by Gasteiger charge is -2.33. The second-order valence-corrected chi connectivity index (χ2v) is 7.46. The maximum atomic E-state index is 12.2. The molecule has 2 saturated heterocycles. The molecule has 7 heteroatoms. The van der Waals surface area contributed by atoms with E-state index in [1.807, 2.05) is 6.92 Å². The highest BCUT2D eigenvalue weighted by molar-refractivity contribution is 7.86. The number of fused-ring (bicyclic) bond motifs is 1. The van der Waals surface area contributed by atoms with E-state index >= 15 is 0 Å². The van der Waals surface area contributed by atoms with E-state index in [9.17, 15) is 4.21 Å². The first-order chi connectivity index (χ1) is 9.08. The molecule has 0 amide bonds. The Hall–Kier alpha value is -0.460. The van der Waals surface area contributed by atoms with Crippen LogP contribution in [0, 0.1) is 0 Å². The van der Waals surface area contributed by atoms with Crippen molar-refractivity contribution in [2.45, 2.75) is 43.0 Å². The molecule has 3 aliphatic heterocycles. The number of hydrogen-bond donors (Lipinski definition) is 1. The van der Waals surface area contributed by atoms with Gasteiger partial charge in [-0.05, 0) is 37.8 Å². The Balaban J connectivity index is 1.90. The smallest absolute Gasteiger partial charge is 0.197 e. The molecule has 0 aromatic rings. The Morgan fingerprint density at radius 2 is 2.26 bits per heavy atom. The first-order valence-electron chi connectivity index (χ1n) is 6.63. The van der Waals surface area contributed by atoms with Crippen LogP contribution < -0.4 is 5.32 Å². The van der Waals surface area contributed by atoms with Crippen LogP contribution in [0.15, 0.2) is 9.98 Å². The second kappa shape index (κ2) is 5.14. The minimum absolute atomic E-state index is 0.141. The van der Waals surface area contributed by atoms with Crippen LogP contribution in [0.3, 0.4) is 0 Å². The van der Waals surface area contributed by atoms with Gasteiger partial charge in [0.2, 0.25) is 0 Å². The minimum Gasteiger partial charge on any atom is -0.381 e. The van der Waals surface area contributed by atoms with Crippen LogP contribution in [-0.2, 0) is 15.5 Å². The summed E-state index contributed by atoms with van der Waals surface area (Å²) in [5.74, 6) is 1.42. The summed E-state index contributed by atoms with van der Waals surface area (Å²) in [6, 6.07) is 0.237. The summed E-state index contributed by atoms with van der Waals surface area (Å²) in [6.45, 7) is 3.51. The van der Waals surface area contributed by atoms with Gasteiger partial charge >= 0.3 is 0 Å². The summed E-state index contributed by atoms with van der Waals surface area (Å²) in [6.07, 6.45) is 2.63. The van der Waals surface area contributed by atoms with Crippen molar-refractivity contribution < 1.29 is 8.95 Å². The van der Waals surface area contributed by atoms with Crippen molar-refractivity contribution in [1.29, 1.82) is 0 Å². The fourth-order valence-corrected chi connectivity index (χ4v) is 5.15. The zero-order chi connectivity index (χ0) is 13.5. The fraction of sp³-hybridized carbons (Fsp3) is 0.833. The van der Waals surface area contributed by atoms with Crippen molar-refractivity contribution in [3.05, 3.63) is 0 Å². The van der Waals surface area contributed by atoms with Gasteiger partial charge in [0.25, 0.3) is 0 Å². The van der Waals surface area contributed by atoms with Gasteiger partial charge in [-0.1, -0.05) is 0 Å². The lowest BCUT2D eigenvalue weighted by molar-refractivity contribution is 0.0870. The molecule has 0 aliphatic carbocycles. The van der Waals surface area contributed by atoms with Crippen LogP contribution in [0.25, 0.3) is 0 Å². The third kappa shape index (κ3) is 2.58. The standard InChI is InChI=1S/C12H18ClN3O2S/c1-12-4-7-19(17)9(12)10(15-11(13)16-12)14-8-2-5-18-6-3-8/h8-9H,2-7H2,1H3,(H,14,15,16)/t9?,12-,19?/m1/s1. The van der Waals surface area contributed by atoms with Gasteiger partial charge in [0.1, 0.15) is 11.1 Å². The normalized spacial score (nSPS) is 41.8. The molecule has 0 saturated carbocycles. The average Bonchev–Trinajstić information content (AvgIpc) is 2.66. The molecule has 3 atom stereocenters. The van der Waals surface area contributed by atoms with Crippen LogP contribution >= 0.6 is 11.6 Å². The van der Waals surface area contributed by atoms with Crippen molar-refractivity contribution in [2.75, 3.05) is 19.0 Å². The predicted molar refractivity (Wildman–Crippen MR) is 77.5 cm³/mol. The molecule has 0 spiro atoms. The van der Waals surface area contributed by atoms with E-state index in [-0.39, 0.29) is 16.8 Å². The zero-order valence-corrected chi connectivity index (χ0v) is 12.5. The molecule has 3 heterocycles. The Morgan fingerprint density at radius 1 is 1.53 bits per heavy atom. The maximum absolute atomic E-state index is 12.2. The van der Waals surface area contributed by atoms with Crippen molar-refractivity contribution in [3.63, 3.8) is 0 Å². The summed E-state index contributed by atoms with van der Waals surface area (Å²) < 4.78 is 17.6. The number of nitrogens with zero attached hydrogens (tertiary/aromatic N) is 2. The molecule has 0 bridgehead atoms. The minimum atomic E-state index is -0.918. The lowest BCUT2D eigenvalue weighted by atomic mass is 9.93. The van der Waals surface area contributed by atoms with Gasteiger partial charge in [-0.25, -0.2) is 4.99 Å². The molecule has 3 rings (SSSR count). The molecule has 0 radical (unpaired) electrons. The number of ether oxygens (including phenoxy) is 1. The largest absolute Gasteiger partial charge is 0.381 e. The molecule has 19 heavy (non-hydrogen) atoms. The van der Waals surface area contributed by atoms with Gasteiger partial charge in [-0.2, -0.15) is 0 Å². The average molecular weight is 304 g/mol. The SMILES string of the molecule is C[C@@]12CCS(=O)C1C(=NC1CCOCC1)NC(Cl)=N2.